The maximum atomic E-state index is 11.9. The van der Waals surface area contributed by atoms with Crippen LogP contribution < -0.4 is 5.32 Å². The molecule has 1 aliphatic heterocycles. The van der Waals surface area contributed by atoms with Crippen LogP contribution in [-0.4, -0.2) is 51.9 Å². The van der Waals surface area contributed by atoms with Crippen molar-refractivity contribution in [1.29, 1.82) is 0 Å². The van der Waals surface area contributed by atoms with E-state index in [1.165, 1.54) is 9.58 Å². The number of likely N-dealkylation sites (tertiary alicyclic amines) is 1. The van der Waals surface area contributed by atoms with Crippen LogP contribution in [0.4, 0.5) is 0 Å². The molecule has 1 N–H and O–H groups in total. The monoisotopic (exact) mass is 264 g/mol. The van der Waals surface area contributed by atoms with Gasteiger partial charge in [0.2, 0.25) is 5.91 Å². The number of hydrogen-bond acceptors (Lipinski definition) is 4. The normalized spacial score (nSPS) is 18.4. The van der Waals surface area contributed by atoms with Crippen LogP contribution >= 0.6 is 0 Å². The number of carbonyl (C=O) groups excluding carboxylic acids is 3. The molecule has 0 aromatic carbocycles. The molecule has 0 spiro atoms. The van der Waals surface area contributed by atoms with Crippen molar-refractivity contribution in [2.75, 3.05) is 13.1 Å². The first-order chi connectivity index (χ1) is 9.11. The van der Waals surface area contributed by atoms with Crippen LogP contribution in [0.25, 0.3) is 0 Å². The Morgan fingerprint density at radius 1 is 1.58 bits per heavy atom. The maximum Gasteiger partial charge on any atom is 0.272 e. The highest BCUT2D eigenvalue weighted by molar-refractivity contribution is 5.95. The summed E-state index contributed by atoms with van der Waals surface area (Å²) in [6.07, 6.45) is 3.96. The van der Waals surface area contributed by atoms with E-state index in [4.69, 9.17) is 0 Å². The molecular formula is C12H16N4O3. The molecule has 0 radical (unpaired) electrons. The van der Waals surface area contributed by atoms with E-state index in [1.807, 2.05) is 0 Å². The van der Waals surface area contributed by atoms with Crippen molar-refractivity contribution in [3.63, 3.8) is 0 Å². The molecule has 0 saturated carbocycles. The van der Waals surface area contributed by atoms with Gasteiger partial charge in [0.25, 0.3) is 5.91 Å². The zero-order valence-corrected chi connectivity index (χ0v) is 10.7. The molecule has 1 saturated heterocycles. The summed E-state index contributed by atoms with van der Waals surface area (Å²) in [6.45, 7) is 0.460. The first-order valence-corrected chi connectivity index (χ1v) is 6.14. The van der Waals surface area contributed by atoms with E-state index in [0.717, 1.165) is 12.7 Å². The zero-order chi connectivity index (χ0) is 13.8. The molecule has 7 heteroatoms. The molecule has 102 valence electrons. The van der Waals surface area contributed by atoms with Gasteiger partial charge < -0.3 is 15.0 Å². The number of nitrogens with zero attached hydrogens (tertiary/aromatic N) is 3. The van der Waals surface area contributed by atoms with Crippen molar-refractivity contribution in [2.24, 2.45) is 7.05 Å². The average Bonchev–Trinajstić information content (AvgIpc) is 3.03. The molecule has 2 heterocycles. The number of aldehydes is 1. The van der Waals surface area contributed by atoms with Gasteiger partial charge in [-0.05, 0) is 18.9 Å². The zero-order valence-electron chi connectivity index (χ0n) is 10.7. The molecule has 2 rings (SSSR count). The van der Waals surface area contributed by atoms with Gasteiger partial charge in [0.05, 0.1) is 12.6 Å². The molecule has 2 amide bonds. The number of rotatable bonds is 4. The molecular weight excluding hydrogens is 248 g/mol. The summed E-state index contributed by atoms with van der Waals surface area (Å²) in [7, 11) is 1.71. The highest BCUT2D eigenvalue weighted by Gasteiger charge is 2.28. The van der Waals surface area contributed by atoms with Crippen molar-refractivity contribution in [2.45, 2.75) is 18.9 Å². The lowest BCUT2D eigenvalue weighted by Crippen LogP contribution is -2.43. The molecule has 7 nitrogen and oxygen atoms in total. The summed E-state index contributed by atoms with van der Waals surface area (Å²) in [6, 6.07) is 1.23. The summed E-state index contributed by atoms with van der Waals surface area (Å²) in [5.74, 6) is -0.630. The fraction of sp³-hybridized carbons (Fsp3) is 0.500. The third kappa shape index (κ3) is 2.98. The van der Waals surface area contributed by atoms with E-state index >= 15 is 0 Å². The van der Waals surface area contributed by atoms with Gasteiger partial charge >= 0.3 is 0 Å². The molecule has 1 atom stereocenters. The molecule has 1 fully saturated rings. The second-order valence-electron chi connectivity index (χ2n) is 4.49. The summed E-state index contributed by atoms with van der Waals surface area (Å²) in [4.78, 5) is 35.9. The van der Waals surface area contributed by atoms with E-state index in [2.05, 4.69) is 10.4 Å². The van der Waals surface area contributed by atoms with Crippen molar-refractivity contribution in [3.05, 3.63) is 18.0 Å². The van der Waals surface area contributed by atoms with Gasteiger partial charge in [-0.3, -0.25) is 14.3 Å². The Bertz CT molecular complexity index is 497. The third-order valence-electron chi connectivity index (χ3n) is 3.12. The van der Waals surface area contributed by atoms with Crippen LogP contribution in [0.5, 0.6) is 0 Å². The quantitative estimate of drug-likeness (QED) is 0.732. The van der Waals surface area contributed by atoms with E-state index in [9.17, 15) is 14.4 Å². The largest absolute Gasteiger partial charge is 0.342 e. The van der Waals surface area contributed by atoms with Gasteiger partial charge in [-0.25, -0.2) is 0 Å². The fourth-order valence-corrected chi connectivity index (χ4v) is 2.13. The number of aryl methyl sites for hydroxylation is 1. The minimum Gasteiger partial charge on any atom is -0.342 e. The lowest BCUT2D eigenvalue weighted by Gasteiger charge is -2.20. The molecule has 0 unspecified atom stereocenters. The fourth-order valence-electron chi connectivity index (χ4n) is 2.13. The Labute approximate surface area is 110 Å². The Morgan fingerprint density at radius 2 is 2.37 bits per heavy atom. The van der Waals surface area contributed by atoms with Gasteiger partial charge in [-0.15, -0.1) is 0 Å². The Balaban J connectivity index is 1.86. The van der Waals surface area contributed by atoms with Crippen LogP contribution in [0.15, 0.2) is 12.3 Å². The van der Waals surface area contributed by atoms with Crippen LogP contribution in [0.1, 0.15) is 23.3 Å². The summed E-state index contributed by atoms with van der Waals surface area (Å²) < 4.78 is 1.51. The first-order valence-electron chi connectivity index (χ1n) is 6.14. The van der Waals surface area contributed by atoms with Gasteiger partial charge in [0, 0.05) is 19.8 Å². The number of amides is 2. The SMILES string of the molecule is Cn1ccc(C(=O)NCC(=O)N2CCC[C@H]2C=O)n1. The Kier molecular flexibility index (Phi) is 3.94. The molecule has 1 aromatic heterocycles. The molecule has 1 aromatic rings. The first kappa shape index (κ1) is 13.3. The van der Waals surface area contributed by atoms with Crippen molar-refractivity contribution in [3.8, 4) is 0 Å². The average molecular weight is 264 g/mol. The van der Waals surface area contributed by atoms with Gasteiger partial charge in [0.1, 0.15) is 12.0 Å². The number of hydrogen-bond donors (Lipinski definition) is 1. The lowest BCUT2D eigenvalue weighted by molar-refractivity contribution is -0.133. The van der Waals surface area contributed by atoms with E-state index in [1.54, 1.807) is 19.3 Å². The van der Waals surface area contributed by atoms with Crippen molar-refractivity contribution >= 4 is 18.1 Å². The summed E-state index contributed by atoms with van der Waals surface area (Å²) >= 11 is 0. The molecule has 0 aliphatic carbocycles. The summed E-state index contributed by atoms with van der Waals surface area (Å²) in [5, 5.41) is 6.45. The van der Waals surface area contributed by atoms with E-state index < -0.39 is 5.91 Å². The third-order valence-corrected chi connectivity index (χ3v) is 3.12. The Hall–Kier alpha value is -2.18. The van der Waals surface area contributed by atoms with Crippen LogP contribution in [0, 0.1) is 0 Å². The smallest absolute Gasteiger partial charge is 0.272 e. The predicted molar refractivity (Wildman–Crippen MR) is 66.3 cm³/mol. The topological polar surface area (TPSA) is 84.3 Å². The standard InChI is InChI=1S/C12H16N4O3/c1-15-6-4-10(14-15)12(19)13-7-11(18)16-5-2-3-9(16)8-17/h4,6,8-9H,2-3,5,7H2,1H3,(H,13,19)/t9-/m0/s1. The van der Waals surface area contributed by atoms with Gasteiger partial charge in [-0.1, -0.05) is 0 Å². The number of aromatic nitrogens is 2. The second kappa shape index (κ2) is 5.64. The summed E-state index contributed by atoms with van der Waals surface area (Å²) in [5.41, 5.74) is 0.267. The van der Waals surface area contributed by atoms with Crippen LogP contribution in [0.3, 0.4) is 0 Å². The number of nitrogens with one attached hydrogen (secondary N) is 1. The van der Waals surface area contributed by atoms with Gasteiger partial charge in [-0.2, -0.15) is 5.10 Å². The van der Waals surface area contributed by atoms with Crippen LogP contribution in [-0.2, 0) is 16.6 Å². The van der Waals surface area contributed by atoms with Crippen molar-refractivity contribution in [1.82, 2.24) is 20.0 Å². The molecule has 0 bridgehead atoms. The van der Waals surface area contributed by atoms with Crippen LogP contribution in [0.2, 0.25) is 0 Å². The predicted octanol–water partition coefficient (Wildman–Crippen LogP) is -0.660. The maximum absolute atomic E-state index is 11.9. The highest BCUT2D eigenvalue weighted by atomic mass is 16.2. The van der Waals surface area contributed by atoms with E-state index in [-0.39, 0.29) is 24.2 Å². The van der Waals surface area contributed by atoms with Crippen molar-refractivity contribution < 1.29 is 14.4 Å². The minimum atomic E-state index is -0.393. The minimum absolute atomic E-state index is 0.111. The lowest BCUT2D eigenvalue weighted by atomic mass is 10.2. The van der Waals surface area contributed by atoms with Gasteiger partial charge in [0.15, 0.2) is 0 Å². The second-order valence-corrected chi connectivity index (χ2v) is 4.49. The highest BCUT2D eigenvalue weighted by Crippen LogP contribution is 2.14. The van der Waals surface area contributed by atoms with E-state index in [0.29, 0.717) is 13.0 Å². The Morgan fingerprint density at radius 3 is 3.00 bits per heavy atom. The molecule has 1 aliphatic rings. The molecule has 19 heavy (non-hydrogen) atoms. The number of carbonyl (C=O) groups is 3.